The van der Waals surface area contributed by atoms with Crippen LogP contribution in [-0.2, 0) is 11.3 Å². The molecule has 4 N–H and O–H groups in total. The first kappa shape index (κ1) is 17.3. The van der Waals surface area contributed by atoms with E-state index >= 15 is 0 Å². The van der Waals surface area contributed by atoms with Crippen molar-refractivity contribution in [2.75, 3.05) is 11.9 Å². The maximum atomic E-state index is 13.3. The number of ether oxygens (including phenoxy) is 1. The molecule has 0 fully saturated rings. The fourth-order valence-electron chi connectivity index (χ4n) is 1.95. The molecule has 0 aliphatic heterocycles. The molecule has 7 heteroatoms. The molecule has 0 spiro atoms. The highest BCUT2D eigenvalue weighted by Gasteiger charge is 2.05. The Kier molecular flexibility index (Phi) is 6.13. The number of primary amides is 1. The summed E-state index contributed by atoms with van der Waals surface area (Å²) in [5, 5.41) is 5.18. The standard InChI is InChI=1S/C17H18FN3O3/c18-14-3-1-2-4-15(14)24-10-9-16(22)20-11-12-5-7-13(8-6-12)21-17(19)23/h1-8H,9-11H2,(H,20,22)(H3,19,21,23). The number of halogens is 1. The number of urea groups is 1. The van der Waals surface area contributed by atoms with Gasteiger partial charge in [-0.3, -0.25) is 4.79 Å². The zero-order valence-electron chi connectivity index (χ0n) is 12.9. The molecule has 0 saturated heterocycles. The van der Waals surface area contributed by atoms with Gasteiger partial charge in [-0.25, -0.2) is 9.18 Å². The second-order valence-electron chi connectivity index (χ2n) is 4.99. The van der Waals surface area contributed by atoms with E-state index in [1.165, 1.54) is 12.1 Å². The lowest BCUT2D eigenvalue weighted by Crippen LogP contribution is -2.24. The summed E-state index contributed by atoms with van der Waals surface area (Å²) in [6, 6.07) is 12.3. The molecule has 0 aliphatic carbocycles. The minimum Gasteiger partial charge on any atom is -0.490 e. The van der Waals surface area contributed by atoms with Gasteiger partial charge in [-0.05, 0) is 29.8 Å². The van der Waals surface area contributed by atoms with Crippen LogP contribution in [0.15, 0.2) is 48.5 Å². The molecule has 24 heavy (non-hydrogen) atoms. The van der Waals surface area contributed by atoms with Crippen LogP contribution >= 0.6 is 0 Å². The summed E-state index contributed by atoms with van der Waals surface area (Å²) in [5.41, 5.74) is 6.46. The lowest BCUT2D eigenvalue weighted by molar-refractivity contribution is -0.121. The van der Waals surface area contributed by atoms with Crippen LogP contribution < -0.4 is 21.1 Å². The van der Waals surface area contributed by atoms with Crippen molar-refractivity contribution >= 4 is 17.6 Å². The number of anilines is 1. The Balaban J connectivity index is 1.71. The van der Waals surface area contributed by atoms with Crippen molar-refractivity contribution in [3.05, 3.63) is 59.9 Å². The first-order valence-corrected chi connectivity index (χ1v) is 7.34. The molecule has 0 aliphatic rings. The third-order valence-electron chi connectivity index (χ3n) is 3.13. The second kappa shape index (κ2) is 8.52. The van der Waals surface area contributed by atoms with Crippen LogP contribution in [0.25, 0.3) is 0 Å². The molecular weight excluding hydrogens is 313 g/mol. The predicted octanol–water partition coefficient (Wildman–Crippen LogP) is 2.40. The van der Waals surface area contributed by atoms with Gasteiger partial charge < -0.3 is 21.1 Å². The predicted molar refractivity (Wildman–Crippen MR) is 88.0 cm³/mol. The number of carbonyl (C=O) groups excluding carboxylic acids is 2. The summed E-state index contributed by atoms with van der Waals surface area (Å²) in [7, 11) is 0. The number of benzene rings is 2. The highest BCUT2D eigenvalue weighted by Crippen LogP contribution is 2.15. The van der Waals surface area contributed by atoms with E-state index in [2.05, 4.69) is 10.6 Å². The molecule has 0 bridgehead atoms. The van der Waals surface area contributed by atoms with Crippen molar-refractivity contribution in [3.63, 3.8) is 0 Å². The van der Waals surface area contributed by atoms with E-state index in [0.717, 1.165) is 5.56 Å². The number of hydrogen-bond acceptors (Lipinski definition) is 3. The lowest BCUT2D eigenvalue weighted by Gasteiger charge is -2.08. The van der Waals surface area contributed by atoms with Crippen LogP contribution in [0, 0.1) is 5.82 Å². The molecule has 2 rings (SSSR count). The molecule has 3 amide bonds. The number of amides is 3. The van der Waals surface area contributed by atoms with Crippen molar-refractivity contribution in [2.45, 2.75) is 13.0 Å². The number of hydrogen-bond donors (Lipinski definition) is 3. The molecule has 126 valence electrons. The van der Waals surface area contributed by atoms with E-state index < -0.39 is 11.8 Å². The summed E-state index contributed by atoms with van der Waals surface area (Å²) >= 11 is 0. The number of nitrogens with two attached hydrogens (primary N) is 1. The van der Waals surface area contributed by atoms with Crippen molar-refractivity contribution in [2.24, 2.45) is 5.73 Å². The van der Waals surface area contributed by atoms with Gasteiger partial charge >= 0.3 is 6.03 Å². The molecule has 0 unspecified atom stereocenters. The zero-order chi connectivity index (χ0) is 17.4. The van der Waals surface area contributed by atoms with E-state index in [-0.39, 0.29) is 24.7 Å². The van der Waals surface area contributed by atoms with Crippen molar-refractivity contribution in [3.8, 4) is 5.75 Å². The molecule has 2 aromatic carbocycles. The number of carbonyl (C=O) groups is 2. The normalized spacial score (nSPS) is 10.0. The minimum absolute atomic E-state index is 0.0915. The van der Waals surface area contributed by atoms with Gasteiger partial charge in [0.25, 0.3) is 0 Å². The first-order valence-electron chi connectivity index (χ1n) is 7.34. The third kappa shape index (κ3) is 5.60. The average Bonchev–Trinajstić information content (AvgIpc) is 2.55. The number of rotatable bonds is 7. The monoisotopic (exact) mass is 331 g/mol. The molecule has 0 aromatic heterocycles. The molecule has 6 nitrogen and oxygen atoms in total. The van der Waals surface area contributed by atoms with Gasteiger partial charge in [-0.1, -0.05) is 24.3 Å². The van der Waals surface area contributed by atoms with E-state index in [1.807, 2.05) is 0 Å². The van der Waals surface area contributed by atoms with E-state index in [1.54, 1.807) is 36.4 Å². The Bertz CT molecular complexity index is 704. The lowest BCUT2D eigenvalue weighted by atomic mass is 10.2. The van der Waals surface area contributed by atoms with Crippen LogP contribution in [0.5, 0.6) is 5.75 Å². The first-order chi connectivity index (χ1) is 11.5. The minimum atomic E-state index is -0.633. The van der Waals surface area contributed by atoms with Crippen LogP contribution in [0.3, 0.4) is 0 Å². The van der Waals surface area contributed by atoms with Gasteiger partial charge in [-0.2, -0.15) is 0 Å². The number of nitrogens with one attached hydrogen (secondary N) is 2. The molecule has 0 saturated carbocycles. The van der Waals surface area contributed by atoms with Gasteiger partial charge in [0.2, 0.25) is 5.91 Å². The number of para-hydroxylation sites is 1. The molecular formula is C17H18FN3O3. The maximum Gasteiger partial charge on any atom is 0.316 e. The summed E-state index contributed by atoms with van der Waals surface area (Å²) < 4.78 is 18.6. The summed E-state index contributed by atoms with van der Waals surface area (Å²) in [4.78, 5) is 22.5. The van der Waals surface area contributed by atoms with Crippen LogP contribution in [0.1, 0.15) is 12.0 Å². The van der Waals surface area contributed by atoms with Crippen LogP contribution in [-0.4, -0.2) is 18.5 Å². The van der Waals surface area contributed by atoms with Crippen molar-refractivity contribution < 1.29 is 18.7 Å². The fourth-order valence-corrected chi connectivity index (χ4v) is 1.95. The maximum absolute atomic E-state index is 13.3. The molecule has 0 atom stereocenters. The highest BCUT2D eigenvalue weighted by atomic mass is 19.1. The van der Waals surface area contributed by atoms with Crippen molar-refractivity contribution in [1.82, 2.24) is 5.32 Å². The van der Waals surface area contributed by atoms with Gasteiger partial charge in [-0.15, -0.1) is 0 Å². The van der Waals surface area contributed by atoms with Crippen molar-refractivity contribution in [1.29, 1.82) is 0 Å². The molecule has 2 aromatic rings. The summed E-state index contributed by atoms with van der Waals surface area (Å²) in [5.74, 6) is -0.531. The van der Waals surface area contributed by atoms with Gasteiger partial charge in [0.1, 0.15) is 0 Å². The Morgan fingerprint density at radius 1 is 1.08 bits per heavy atom. The van der Waals surface area contributed by atoms with Crippen LogP contribution in [0.4, 0.5) is 14.9 Å². The van der Waals surface area contributed by atoms with E-state index in [0.29, 0.717) is 12.2 Å². The van der Waals surface area contributed by atoms with E-state index in [9.17, 15) is 14.0 Å². The highest BCUT2D eigenvalue weighted by molar-refractivity contribution is 5.87. The SMILES string of the molecule is NC(=O)Nc1ccc(CNC(=O)CCOc2ccccc2F)cc1. The van der Waals surface area contributed by atoms with Gasteiger partial charge in [0.15, 0.2) is 11.6 Å². The summed E-state index contributed by atoms with van der Waals surface area (Å²) in [6.45, 7) is 0.434. The Labute approximate surface area is 138 Å². The second-order valence-corrected chi connectivity index (χ2v) is 4.99. The Morgan fingerprint density at radius 3 is 2.46 bits per heavy atom. The Morgan fingerprint density at radius 2 is 1.79 bits per heavy atom. The average molecular weight is 331 g/mol. The summed E-state index contributed by atoms with van der Waals surface area (Å²) in [6.07, 6.45) is 0.121. The quantitative estimate of drug-likeness (QED) is 0.727. The van der Waals surface area contributed by atoms with E-state index in [4.69, 9.17) is 10.5 Å². The third-order valence-corrected chi connectivity index (χ3v) is 3.13. The zero-order valence-corrected chi connectivity index (χ0v) is 12.9. The largest absolute Gasteiger partial charge is 0.490 e. The van der Waals surface area contributed by atoms with Gasteiger partial charge in [0, 0.05) is 12.2 Å². The fraction of sp³-hybridized carbons (Fsp3) is 0.176. The topological polar surface area (TPSA) is 93.5 Å². The van der Waals surface area contributed by atoms with Crippen LogP contribution in [0.2, 0.25) is 0 Å². The molecule has 0 radical (unpaired) electrons. The molecule has 0 heterocycles. The smallest absolute Gasteiger partial charge is 0.316 e. The van der Waals surface area contributed by atoms with Gasteiger partial charge in [0.05, 0.1) is 13.0 Å². The Hall–Kier alpha value is -3.09.